The molecule has 0 radical (unpaired) electrons. The van der Waals surface area contributed by atoms with Crippen LogP contribution in [0.2, 0.25) is 0 Å². The monoisotopic (exact) mass is 305 g/mol. The molecular formula is C11H19N3OS3. The fourth-order valence-corrected chi connectivity index (χ4v) is 3.96. The minimum absolute atomic E-state index is 0.184. The standard InChI is InChI=1S/C11H19N3OS3/c1-8(15)9-3-5-13(6-4-9)7-14-11(16)18-10(12-14)17-2/h8-9,15H,3-7H2,1-2H3. The summed E-state index contributed by atoms with van der Waals surface area (Å²) in [6.07, 6.45) is 3.96. The SMILES string of the molecule is CSc1nn(CN2CCC(C(C)O)CC2)c(=S)s1. The van der Waals surface area contributed by atoms with Crippen molar-refractivity contribution in [3.05, 3.63) is 3.95 Å². The molecule has 0 amide bonds. The predicted molar refractivity (Wildman–Crippen MR) is 78.7 cm³/mol. The van der Waals surface area contributed by atoms with Crippen LogP contribution >= 0.6 is 35.3 Å². The Kier molecular flexibility index (Phi) is 5.20. The molecule has 1 atom stereocenters. The molecule has 0 aromatic carbocycles. The molecule has 1 N–H and O–H groups in total. The van der Waals surface area contributed by atoms with Crippen LogP contribution in [0.15, 0.2) is 4.34 Å². The molecule has 0 bridgehead atoms. The van der Waals surface area contributed by atoms with E-state index in [2.05, 4.69) is 10.00 Å². The van der Waals surface area contributed by atoms with Gasteiger partial charge in [-0.2, -0.15) is 5.10 Å². The summed E-state index contributed by atoms with van der Waals surface area (Å²) in [4.78, 5) is 2.36. The zero-order valence-electron chi connectivity index (χ0n) is 10.7. The maximum Gasteiger partial charge on any atom is 0.181 e. The van der Waals surface area contributed by atoms with E-state index in [9.17, 15) is 5.11 Å². The summed E-state index contributed by atoms with van der Waals surface area (Å²) in [6.45, 7) is 4.71. The van der Waals surface area contributed by atoms with Crippen molar-refractivity contribution in [2.45, 2.75) is 36.9 Å². The van der Waals surface area contributed by atoms with Crippen LogP contribution in [0, 0.1) is 9.87 Å². The third kappa shape index (κ3) is 3.54. The number of likely N-dealkylation sites (tertiary alicyclic amines) is 1. The molecule has 7 heteroatoms. The second-order valence-corrected chi connectivity index (χ2v) is 7.35. The van der Waals surface area contributed by atoms with Crippen LogP contribution in [0.1, 0.15) is 19.8 Å². The van der Waals surface area contributed by atoms with Crippen molar-refractivity contribution in [1.82, 2.24) is 14.7 Å². The largest absolute Gasteiger partial charge is 0.393 e. The van der Waals surface area contributed by atoms with E-state index in [-0.39, 0.29) is 6.10 Å². The molecule has 4 nitrogen and oxygen atoms in total. The van der Waals surface area contributed by atoms with Crippen LogP contribution in [0.3, 0.4) is 0 Å². The van der Waals surface area contributed by atoms with E-state index >= 15 is 0 Å². The fourth-order valence-electron chi connectivity index (χ4n) is 2.23. The summed E-state index contributed by atoms with van der Waals surface area (Å²) in [5.41, 5.74) is 0. The van der Waals surface area contributed by atoms with Gasteiger partial charge < -0.3 is 5.11 Å². The zero-order valence-corrected chi connectivity index (χ0v) is 13.2. The van der Waals surface area contributed by atoms with Gasteiger partial charge in [0, 0.05) is 13.1 Å². The maximum absolute atomic E-state index is 9.58. The molecule has 1 aromatic rings. The normalized spacial score (nSPS) is 20.2. The Hall–Kier alpha value is 0.0500. The summed E-state index contributed by atoms with van der Waals surface area (Å²) >= 11 is 8.52. The lowest BCUT2D eigenvalue weighted by molar-refractivity contribution is 0.0591. The van der Waals surface area contributed by atoms with Crippen molar-refractivity contribution < 1.29 is 5.11 Å². The van der Waals surface area contributed by atoms with Gasteiger partial charge in [-0.25, -0.2) is 4.68 Å². The van der Waals surface area contributed by atoms with E-state index in [0.29, 0.717) is 5.92 Å². The number of aliphatic hydroxyl groups is 1. The molecule has 0 aliphatic carbocycles. The van der Waals surface area contributed by atoms with Gasteiger partial charge >= 0.3 is 0 Å². The topological polar surface area (TPSA) is 41.3 Å². The van der Waals surface area contributed by atoms with E-state index in [0.717, 1.165) is 40.9 Å². The Morgan fingerprint density at radius 2 is 2.22 bits per heavy atom. The first-order chi connectivity index (χ1) is 8.60. The molecule has 1 aromatic heterocycles. The minimum Gasteiger partial charge on any atom is -0.393 e. The highest BCUT2D eigenvalue weighted by molar-refractivity contribution is 8.00. The minimum atomic E-state index is -0.184. The van der Waals surface area contributed by atoms with Crippen molar-refractivity contribution in [1.29, 1.82) is 0 Å². The van der Waals surface area contributed by atoms with Crippen LogP contribution in [0.25, 0.3) is 0 Å². The summed E-state index contributed by atoms with van der Waals surface area (Å²) in [6, 6.07) is 0. The van der Waals surface area contributed by atoms with Gasteiger partial charge in [0.1, 0.15) is 0 Å². The highest BCUT2D eigenvalue weighted by Gasteiger charge is 2.22. The molecule has 1 saturated heterocycles. The van der Waals surface area contributed by atoms with Crippen LogP contribution < -0.4 is 0 Å². The molecule has 1 aliphatic heterocycles. The van der Waals surface area contributed by atoms with Gasteiger partial charge in [0.25, 0.3) is 0 Å². The highest BCUT2D eigenvalue weighted by Crippen LogP contribution is 2.22. The first kappa shape index (κ1) is 14.5. The van der Waals surface area contributed by atoms with Crippen LogP contribution in [-0.2, 0) is 6.67 Å². The average Bonchev–Trinajstić information content (AvgIpc) is 2.71. The lowest BCUT2D eigenvalue weighted by atomic mass is 9.92. The Labute approximate surface area is 121 Å². The van der Waals surface area contributed by atoms with Gasteiger partial charge in [-0.3, -0.25) is 4.90 Å². The lowest BCUT2D eigenvalue weighted by Gasteiger charge is -2.32. The smallest absolute Gasteiger partial charge is 0.181 e. The first-order valence-corrected chi connectivity index (χ1v) is 8.57. The van der Waals surface area contributed by atoms with Crippen molar-refractivity contribution in [3.8, 4) is 0 Å². The Bertz CT molecular complexity index is 435. The van der Waals surface area contributed by atoms with Gasteiger partial charge in [0.2, 0.25) is 0 Å². The zero-order chi connectivity index (χ0) is 13.1. The molecule has 0 saturated carbocycles. The highest BCUT2D eigenvalue weighted by atomic mass is 32.2. The van der Waals surface area contributed by atoms with Gasteiger partial charge in [-0.1, -0.05) is 23.1 Å². The first-order valence-electron chi connectivity index (χ1n) is 6.12. The van der Waals surface area contributed by atoms with Crippen molar-refractivity contribution in [2.75, 3.05) is 19.3 Å². The molecule has 2 heterocycles. The van der Waals surface area contributed by atoms with E-state index in [1.165, 1.54) is 0 Å². The van der Waals surface area contributed by atoms with Crippen LogP contribution in [0.4, 0.5) is 0 Å². The number of rotatable bonds is 4. The number of hydrogen-bond acceptors (Lipinski definition) is 6. The summed E-state index contributed by atoms with van der Waals surface area (Å²) < 4.78 is 3.78. The Morgan fingerprint density at radius 1 is 1.56 bits per heavy atom. The van der Waals surface area contributed by atoms with Crippen molar-refractivity contribution in [3.63, 3.8) is 0 Å². The number of aromatic nitrogens is 2. The maximum atomic E-state index is 9.58. The Balaban J connectivity index is 1.91. The van der Waals surface area contributed by atoms with Crippen molar-refractivity contribution >= 4 is 35.3 Å². The van der Waals surface area contributed by atoms with Crippen molar-refractivity contribution in [2.24, 2.45) is 5.92 Å². The second kappa shape index (κ2) is 6.47. The lowest BCUT2D eigenvalue weighted by Crippen LogP contribution is -2.38. The molecular weight excluding hydrogens is 286 g/mol. The molecule has 2 rings (SSSR count). The number of thioether (sulfide) groups is 1. The molecule has 1 fully saturated rings. The van der Waals surface area contributed by atoms with E-state index in [1.54, 1.807) is 23.1 Å². The molecule has 1 unspecified atom stereocenters. The summed E-state index contributed by atoms with van der Waals surface area (Å²) in [5, 5.41) is 14.1. The number of aliphatic hydroxyl groups excluding tert-OH is 1. The summed E-state index contributed by atoms with van der Waals surface area (Å²) in [7, 11) is 0. The van der Waals surface area contributed by atoms with Crippen LogP contribution in [0.5, 0.6) is 0 Å². The summed E-state index contributed by atoms with van der Waals surface area (Å²) in [5.74, 6) is 0.450. The fraction of sp³-hybridized carbons (Fsp3) is 0.818. The van der Waals surface area contributed by atoms with Crippen LogP contribution in [-0.4, -0.2) is 45.2 Å². The number of hydrogen-bond donors (Lipinski definition) is 1. The van der Waals surface area contributed by atoms with E-state index in [4.69, 9.17) is 12.2 Å². The number of nitrogens with zero attached hydrogens (tertiary/aromatic N) is 3. The van der Waals surface area contributed by atoms with Gasteiger partial charge in [0.15, 0.2) is 8.29 Å². The van der Waals surface area contributed by atoms with Gasteiger partial charge in [-0.05, 0) is 44.2 Å². The second-order valence-electron chi connectivity index (χ2n) is 4.68. The van der Waals surface area contributed by atoms with E-state index < -0.39 is 0 Å². The average molecular weight is 305 g/mol. The molecule has 1 aliphatic rings. The number of piperidine rings is 1. The molecule has 0 spiro atoms. The molecule has 18 heavy (non-hydrogen) atoms. The van der Waals surface area contributed by atoms with Gasteiger partial charge in [0.05, 0.1) is 12.8 Å². The van der Waals surface area contributed by atoms with Gasteiger partial charge in [-0.15, -0.1) is 0 Å². The quantitative estimate of drug-likeness (QED) is 0.683. The third-order valence-electron chi connectivity index (χ3n) is 3.41. The third-order valence-corrected chi connectivity index (χ3v) is 5.69. The molecule has 102 valence electrons. The predicted octanol–water partition coefficient (Wildman–Crippen LogP) is 2.45. The Morgan fingerprint density at radius 3 is 2.72 bits per heavy atom. The van der Waals surface area contributed by atoms with E-state index in [1.807, 2.05) is 17.9 Å².